The van der Waals surface area contributed by atoms with E-state index in [9.17, 15) is 5.11 Å². The molecule has 2 heterocycles. The van der Waals surface area contributed by atoms with E-state index in [-0.39, 0.29) is 0 Å². The highest BCUT2D eigenvalue weighted by Gasteiger charge is 2.32. The predicted octanol–water partition coefficient (Wildman–Crippen LogP) is -1.43. The third-order valence-corrected chi connectivity index (χ3v) is 3.17. The zero-order chi connectivity index (χ0) is 9.26. The molecule has 1 atom stereocenters. The predicted molar refractivity (Wildman–Crippen MR) is 51.7 cm³/mol. The van der Waals surface area contributed by atoms with Gasteiger partial charge in [0.1, 0.15) is 0 Å². The SMILES string of the molecule is CN1CCN(C2CNC2)C(CO)C1. The van der Waals surface area contributed by atoms with Crippen molar-refractivity contribution in [3.8, 4) is 0 Å². The number of nitrogens with zero attached hydrogens (tertiary/aromatic N) is 2. The van der Waals surface area contributed by atoms with Crippen molar-refractivity contribution >= 4 is 0 Å². The first kappa shape index (κ1) is 9.40. The fraction of sp³-hybridized carbons (Fsp3) is 1.00. The minimum absolute atomic E-state index is 0.292. The third kappa shape index (κ3) is 1.86. The minimum atomic E-state index is 0.292. The van der Waals surface area contributed by atoms with Gasteiger partial charge in [0.25, 0.3) is 0 Å². The standard InChI is InChI=1S/C9H19N3O/c1-11-2-3-12(8-4-10-5-8)9(6-11)7-13/h8-10,13H,2-7H2,1H3. The Hall–Kier alpha value is -0.160. The molecule has 76 valence electrons. The van der Waals surface area contributed by atoms with Gasteiger partial charge in [0.15, 0.2) is 0 Å². The number of aliphatic hydroxyl groups is 1. The average Bonchev–Trinajstić information content (AvgIpc) is 2.05. The fourth-order valence-electron chi connectivity index (χ4n) is 2.18. The second-order valence-electron chi connectivity index (χ2n) is 4.15. The maximum Gasteiger partial charge on any atom is 0.0599 e. The van der Waals surface area contributed by atoms with Crippen LogP contribution in [0.25, 0.3) is 0 Å². The van der Waals surface area contributed by atoms with E-state index in [4.69, 9.17) is 0 Å². The quantitative estimate of drug-likeness (QED) is 0.553. The van der Waals surface area contributed by atoms with Crippen LogP contribution in [0.15, 0.2) is 0 Å². The molecular weight excluding hydrogens is 166 g/mol. The van der Waals surface area contributed by atoms with Gasteiger partial charge < -0.3 is 15.3 Å². The van der Waals surface area contributed by atoms with Crippen molar-refractivity contribution in [1.29, 1.82) is 0 Å². The van der Waals surface area contributed by atoms with E-state index in [2.05, 4.69) is 22.2 Å². The van der Waals surface area contributed by atoms with E-state index in [0.717, 1.165) is 32.7 Å². The van der Waals surface area contributed by atoms with E-state index in [1.54, 1.807) is 0 Å². The van der Waals surface area contributed by atoms with Gasteiger partial charge in [-0.25, -0.2) is 0 Å². The first-order chi connectivity index (χ1) is 6.31. The molecule has 0 aromatic heterocycles. The molecule has 0 bridgehead atoms. The Balaban J connectivity index is 1.92. The van der Waals surface area contributed by atoms with Crippen LogP contribution >= 0.6 is 0 Å². The van der Waals surface area contributed by atoms with Gasteiger partial charge in [-0.1, -0.05) is 0 Å². The fourth-order valence-corrected chi connectivity index (χ4v) is 2.18. The van der Waals surface area contributed by atoms with Crippen LogP contribution in [0.4, 0.5) is 0 Å². The summed E-state index contributed by atoms with van der Waals surface area (Å²) in [5.41, 5.74) is 0. The molecule has 2 saturated heterocycles. The van der Waals surface area contributed by atoms with Crippen LogP contribution in [0, 0.1) is 0 Å². The maximum atomic E-state index is 9.26. The number of piperazine rings is 1. The maximum absolute atomic E-state index is 9.26. The van der Waals surface area contributed by atoms with Gasteiger partial charge in [-0.15, -0.1) is 0 Å². The lowest BCUT2D eigenvalue weighted by molar-refractivity contribution is 0.00512. The Morgan fingerprint density at radius 3 is 2.69 bits per heavy atom. The topological polar surface area (TPSA) is 38.7 Å². The zero-order valence-electron chi connectivity index (χ0n) is 8.24. The van der Waals surface area contributed by atoms with Crippen molar-refractivity contribution < 1.29 is 5.11 Å². The Labute approximate surface area is 79.5 Å². The lowest BCUT2D eigenvalue weighted by Gasteiger charge is -2.47. The summed E-state index contributed by atoms with van der Waals surface area (Å²) >= 11 is 0. The van der Waals surface area contributed by atoms with E-state index in [1.807, 2.05) is 0 Å². The van der Waals surface area contributed by atoms with Crippen LogP contribution in [0.1, 0.15) is 0 Å². The summed E-state index contributed by atoms with van der Waals surface area (Å²) in [6.45, 7) is 5.73. The van der Waals surface area contributed by atoms with Gasteiger partial charge in [0.05, 0.1) is 6.61 Å². The van der Waals surface area contributed by atoms with E-state index < -0.39 is 0 Å². The smallest absolute Gasteiger partial charge is 0.0599 e. The summed E-state index contributed by atoms with van der Waals surface area (Å²) in [7, 11) is 2.12. The van der Waals surface area contributed by atoms with Crippen molar-refractivity contribution in [2.45, 2.75) is 12.1 Å². The summed E-state index contributed by atoms with van der Waals surface area (Å²) in [6.07, 6.45) is 0. The molecule has 1 unspecified atom stereocenters. The summed E-state index contributed by atoms with van der Waals surface area (Å²) in [5.74, 6) is 0. The lowest BCUT2D eigenvalue weighted by atomic mass is 10.1. The molecule has 2 aliphatic rings. The van der Waals surface area contributed by atoms with Gasteiger partial charge in [0.2, 0.25) is 0 Å². The largest absolute Gasteiger partial charge is 0.395 e. The molecule has 0 spiro atoms. The molecule has 0 saturated carbocycles. The molecule has 0 amide bonds. The molecule has 0 radical (unpaired) electrons. The van der Waals surface area contributed by atoms with Crippen molar-refractivity contribution in [1.82, 2.24) is 15.1 Å². The highest BCUT2D eigenvalue weighted by molar-refractivity contribution is 4.91. The highest BCUT2D eigenvalue weighted by Crippen LogP contribution is 2.14. The van der Waals surface area contributed by atoms with E-state index in [0.29, 0.717) is 18.7 Å². The van der Waals surface area contributed by atoms with Crippen molar-refractivity contribution in [2.75, 3.05) is 46.4 Å². The van der Waals surface area contributed by atoms with Crippen LogP contribution in [0.2, 0.25) is 0 Å². The summed E-state index contributed by atoms with van der Waals surface area (Å²) < 4.78 is 0. The van der Waals surface area contributed by atoms with Crippen LogP contribution < -0.4 is 5.32 Å². The Kier molecular flexibility index (Phi) is 2.83. The van der Waals surface area contributed by atoms with Crippen molar-refractivity contribution in [3.63, 3.8) is 0 Å². The van der Waals surface area contributed by atoms with Crippen LogP contribution in [-0.4, -0.2) is 73.4 Å². The molecule has 2 rings (SSSR count). The Bertz CT molecular complexity index is 172. The first-order valence-electron chi connectivity index (χ1n) is 5.07. The average molecular weight is 185 g/mol. The zero-order valence-corrected chi connectivity index (χ0v) is 8.24. The monoisotopic (exact) mass is 185 g/mol. The van der Waals surface area contributed by atoms with Crippen LogP contribution in [0.3, 0.4) is 0 Å². The number of aliphatic hydroxyl groups excluding tert-OH is 1. The van der Waals surface area contributed by atoms with Gasteiger partial charge in [-0.05, 0) is 7.05 Å². The first-order valence-corrected chi connectivity index (χ1v) is 5.07. The van der Waals surface area contributed by atoms with Crippen LogP contribution in [-0.2, 0) is 0 Å². The van der Waals surface area contributed by atoms with Crippen molar-refractivity contribution in [2.24, 2.45) is 0 Å². The van der Waals surface area contributed by atoms with E-state index >= 15 is 0 Å². The number of hydrogen-bond donors (Lipinski definition) is 2. The van der Waals surface area contributed by atoms with Gasteiger partial charge in [0, 0.05) is 44.8 Å². The molecule has 2 aliphatic heterocycles. The molecule has 13 heavy (non-hydrogen) atoms. The Morgan fingerprint density at radius 1 is 1.38 bits per heavy atom. The summed E-state index contributed by atoms with van der Waals surface area (Å²) in [5, 5.41) is 12.5. The number of rotatable bonds is 2. The van der Waals surface area contributed by atoms with Crippen molar-refractivity contribution in [3.05, 3.63) is 0 Å². The minimum Gasteiger partial charge on any atom is -0.395 e. The molecule has 2 fully saturated rings. The van der Waals surface area contributed by atoms with Gasteiger partial charge in [-0.3, -0.25) is 4.90 Å². The second-order valence-corrected chi connectivity index (χ2v) is 4.15. The molecule has 0 aromatic carbocycles. The van der Waals surface area contributed by atoms with E-state index in [1.165, 1.54) is 0 Å². The molecule has 0 aliphatic carbocycles. The lowest BCUT2D eigenvalue weighted by Crippen LogP contribution is -2.65. The number of likely N-dealkylation sites (N-methyl/N-ethyl adjacent to an activating group) is 1. The van der Waals surface area contributed by atoms with Gasteiger partial charge in [-0.2, -0.15) is 0 Å². The number of hydrogen-bond acceptors (Lipinski definition) is 4. The summed E-state index contributed by atoms with van der Waals surface area (Å²) in [4.78, 5) is 4.75. The number of nitrogens with one attached hydrogen (secondary N) is 1. The highest BCUT2D eigenvalue weighted by atomic mass is 16.3. The third-order valence-electron chi connectivity index (χ3n) is 3.17. The molecule has 4 nitrogen and oxygen atoms in total. The Morgan fingerprint density at radius 2 is 2.15 bits per heavy atom. The molecule has 2 N–H and O–H groups in total. The normalized spacial score (nSPS) is 33.2. The second kappa shape index (κ2) is 3.92. The van der Waals surface area contributed by atoms with Gasteiger partial charge >= 0.3 is 0 Å². The van der Waals surface area contributed by atoms with Crippen LogP contribution in [0.5, 0.6) is 0 Å². The summed E-state index contributed by atoms with van der Waals surface area (Å²) in [6, 6.07) is 1.02. The molecule has 4 heteroatoms. The molecule has 0 aromatic rings. The molecular formula is C9H19N3O.